The molecular formula is C49H32BNO2. The Morgan fingerprint density at radius 3 is 1.40 bits per heavy atom. The molecule has 3 heterocycles. The van der Waals surface area contributed by atoms with Crippen LogP contribution in [0.2, 0.25) is 0 Å². The smallest absolute Gasteiger partial charge is 0.260 e. The molecule has 3 nitrogen and oxygen atoms in total. The molecular weight excluding hydrogens is 645 g/mol. The summed E-state index contributed by atoms with van der Waals surface area (Å²) in [5, 5.41) is 0. The lowest BCUT2D eigenvalue weighted by Gasteiger charge is -2.39. The van der Waals surface area contributed by atoms with E-state index in [1.165, 1.54) is 16.7 Å². The van der Waals surface area contributed by atoms with Crippen molar-refractivity contribution in [3.05, 3.63) is 205 Å². The van der Waals surface area contributed by atoms with E-state index in [0.717, 1.165) is 78.7 Å². The Morgan fingerprint density at radius 1 is 0.434 bits per heavy atom. The Bertz CT molecular complexity index is 2530. The fourth-order valence-electron chi connectivity index (χ4n) is 8.80. The highest BCUT2D eigenvalue weighted by Gasteiger charge is 2.43. The summed E-state index contributed by atoms with van der Waals surface area (Å²) < 4.78 is 14.3. The van der Waals surface area contributed by atoms with Gasteiger partial charge in [0.25, 0.3) is 6.71 Å². The van der Waals surface area contributed by atoms with E-state index in [0.29, 0.717) is 0 Å². The fourth-order valence-corrected chi connectivity index (χ4v) is 8.80. The number of nitrogens with zero attached hydrogens (tertiary/aromatic N) is 1. The quantitative estimate of drug-likeness (QED) is 0.173. The predicted octanol–water partition coefficient (Wildman–Crippen LogP) is 10.7. The second-order valence-corrected chi connectivity index (χ2v) is 14.0. The Morgan fingerprint density at radius 2 is 0.887 bits per heavy atom. The molecule has 11 rings (SSSR count). The molecule has 248 valence electrons. The molecule has 0 spiro atoms. The first-order valence-electron chi connectivity index (χ1n) is 18.2. The molecule has 0 saturated carbocycles. The third kappa shape index (κ3) is 4.62. The molecule has 3 aliphatic rings. The second kappa shape index (κ2) is 11.9. The van der Waals surface area contributed by atoms with Gasteiger partial charge in [0.2, 0.25) is 0 Å². The van der Waals surface area contributed by atoms with Crippen LogP contribution in [0, 0.1) is 0 Å². The lowest BCUT2D eigenvalue weighted by atomic mass is 9.34. The van der Waals surface area contributed by atoms with Gasteiger partial charge in [-0.1, -0.05) is 164 Å². The van der Waals surface area contributed by atoms with E-state index in [4.69, 9.17) is 9.47 Å². The van der Waals surface area contributed by atoms with Gasteiger partial charge in [0.15, 0.2) is 0 Å². The summed E-state index contributed by atoms with van der Waals surface area (Å²) in [6.07, 6.45) is 0. The number of benzene rings is 8. The third-order valence-electron chi connectivity index (χ3n) is 11.1. The van der Waals surface area contributed by atoms with E-state index in [9.17, 15) is 0 Å². The molecule has 0 bridgehead atoms. The van der Waals surface area contributed by atoms with Crippen LogP contribution >= 0.6 is 0 Å². The van der Waals surface area contributed by atoms with Gasteiger partial charge in [-0.25, -0.2) is 0 Å². The van der Waals surface area contributed by atoms with E-state index in [-0.39, 0.29) is 12.6 Å². The van der Waals surface area contributed by atoms with Gasteiger partial charge in [0, 0.05) is 34.6 Å². The molecule has 8 aromatic rings. The molecule has 0 aliphatic carbocycles. The van der Waals surface area contributed by atoms with Crippen molar-refractivity contribution in [1.82, 2.24) is 0 Å². The van der Waals surface area contributed by atoms with Crippen molar-refractivity contribution >= 4 is 40.2 Å². The Kier molecular flexibility index (Phi) is 6.71. The minimum Gasteiger partial charge on any atom is -0.458 e. The monoisotopic (exact) mass is 677 g/mol. The van der Waals surface area contributed by atoms with Crippen LogP contribution in [0.1, 0.15) is 22.6 Å². The van der Waals surface area contributed by atoms with Gasteiger partial charge < -0.3 is 14.4 Å². The lowest BCUT2D eigenvalue weighted by molar-refractivity contribution is 0.466. The SMILES string of the molecule is c1ccc(-c2cccc3c2Oc2cc(N4c5ccccc5C(c5ccccc5)c5ccccc54)cc4c2B3c2cccc(-c3ccccc3)c2O4)cc1. The van der Waals surface area contributed by atoms with Gasteiger partial charge >= 0.3 is 0 Å². The molecule has 53 heavy (non-hydrogen) atoms. The average molecular weight is 678 g/mol. The molecule has 0 radical (unpaired) electrons. The minimum atomic E-state index is -0.0720. The summed E-state index contributed by atoms with van der Waals surface area (Å²) in [7, 11) is 0. The summed E-state index contributed by atoms with van der Waals surface area (Å²) in [4.78, 5) is 2.39. The summed E-state index contributed by atoms with van der Waals surface area (Å²) in [6, 6.07) is 67.1. The number of hydrogen-bond acceptors (Lipinski definition) is 3. The van der Waals surface area contributed by atoms with Crippen LogP contribution in [0.3, 0.4) is 0 Å². The standard InChI is InChI=1S/C49H32BNO2/c1-4-16-32(17-5-1)36-24-14-26-40-48(36)52-44-30-35(31-45-47(44)50(40)41-27-15-25-37(49(41)53-45)33-18-6-2-7-19-33)51-42-28-12-10-22-38(42)46(34-20-8-3-9-21-34)39-23-11-13-29-43(39)51/h1-31,46H. The first-order chi connectivity index (χ1) is 26.3. The zero-order valence-electron chi connectivity index (χ0n) is 28.8. The van der Waals surface area contributed by atoms with Gasteiger partial charge in [0.1, 0.15) is 23.0 Å². The predicted molar refractivity (Wildman–Crippen MR) is 217 cm³/mol. The highest BCUT2D eigenvalue weighted by Crippen LogP contribution is 2.53. The maximum Gasteiger partial charge on any atom is 0.260 e. The number of rotatable bonds is 4. The van der Waals surface area contributed by atoms with E-state index < -0.39 is 0 Å². The van der Waals surface area contributed by atoms with Crippen LogP contribution < -0.4 is 30.8 Å². The van der Waals surface area contributed by atoms with E-state index >= 15 is 0 Å². The van der Waals surface area contributed by atoms with Crippen molar-refractivity contribution in [2.75, 3.05) is 4.90 Å². The van der Waals surface area contributed by atoms with Crippen LogP contribution in [0.4, 0.5) is 17.1 Å². The van der Waals surface area contributed by atoms with Crippen molar-refractivity contribution < 1.29 is 9.47 Å². The molecule has 0 unspecified atom stereocenters. The summed E-state index contributed by atoms with van der Waals surface area (Å²) in [5.74, 6) is 3.51. The number of fused-ring (bicyclic) bond motifs is 6. The van der Waals surface area contributed by atoms with Crippen molar-refractivity contribution in [3.8, 4) is 45.3 Å². The summed E-state index contributed by atoms with van der Waals surface area (Å²) in [6.45, 7) is -0.0720. The first-order valence-corrected chi connectivity index (χ1v) is 18.2. The van der Waals surface area contributed by atoms with Crippen LogP contribution in [0.25, 0.3) is 22.3 Å². The second-order valence-electron chi connectivity index (χ2n) is 14.0. The number of hydrogen-bond donors (Lipinski definition) is 0. The van der Waals surface area contributed by atoms with Crippen molar-refractivity contribution in [3.63, 3.8) is 0 Å². The lowest BCUT2D eigenvalue weighted by Crippen LogP contribution is -2.57. The average Bonchev–Trinajstić information content (AvgIpc) is 3.23. The van der Waals surface area contributed by atoms with E-state index in [2.05, 4.69) is 193 Å². The molecule has 0 aromatic heterocycles. The van der Waals surface area contributed by atoms with Crippen LogP contribution in [0.15, 0.2) is 188 Å². The molecule has 0 amide bonds. The van der Waals surface area contributed by atoms with E-state index in [1.807, 2.05) is 0 Å². The molecule has 0 N–H and O–H groups in total. The fraction of sp³-hybridized carbons (Fsp3) is 0.0204. The van der Waals surface area contributed by atoms with Gasteiger partial charge in [-0.3, -0.25) is 0 Å². The Hall–Kier alpha value is -6.78. The summed E-state index contributed by atoms with van der Waals surface area (Å²) in [5.41, 5.74) is 14.8. The number of para-hydroxylation sites is 4. The minimum absolute atomic E-state index is 0.0720. The largest absolute Gasteiger partial charge is 0.458 e. The molecule has 3 aliphatic heterocycles. The molecule has 8 aromatic carbocycles. The third-order valence-corrected chi connectivity index (χ3v) is 11.1. The zero-order valence-corrected chi connectivity index (χ0v) is 28.8. The maximum atomic E-state index is 7.13. The van der Waals surface area contributed by atoms with Crippen molar-refractivity contribution in [1.29, 1.82) is 0 Å². The summed E-state index contributed by atoms with van der Waals surface area (Å²) >= 11 is 0. The Balaban J connectivity index is 1.16. The highest BCUT2D eigenvalue weighted by atomic mass is 16.5. The van der Waals surface area contributed by atoms with E-state index in [1.54, 1.807) is 0 Å². The van der Waals surface area contributed by atoms with Gasteiger partial charge in [-0.05, 0) is 50.9 Å². The molecule has 0 saturated heterocycles. The number of anilines is 3. The van der Waals surface area contributed by atoms with Crippen LogP contribution in [-0.2, 0) is 0 Å². The molecule has 4 heteroatoms. The van der Waals surface area contributed by atoms with Crippen molar-refractivity contribution in [2.45, 2.75) is 5.92 Å². The zero-order chi connectivity index (χ0) is 34.9. The molecule has 0 fully saturated rings. The van der Waals surface area contributed by atoms with Crippen LogP contribution in [-0.4, -0.2) is 6.71 Å². The van der Waals surface area contributed by atoms with Gasteiger partial charge in [-0.2, -0.15) is 0 Å². The van der Waals surface area contributed by atoms with Gasteiger partial charge in [-0.15, -0.1) is 0 Å². The Labute approximate surface area is 309 Å². The van der Waals surface area contributed by atoms with Crippen molar-refractivity contribution in [2.24, 2.45) is 0 Å². The number of ether oxygens (including phenoxy) is 2. The first kappa shape index (κ1) is 29.9. The molecule has 0 atom stereocenters. The van der Waals surface area contributed by atoms with Crippen LogP contribution in [0.5, 0.6) is 23.0 Å². The van der Waals surface area contributed by atoms with Gasteiger partial charge in [0.05, 0.1) is 17.1 Å². The topological polar surface area (TPSA) is 21.7 Å². The highest BCUT2D eigenvalue weighted by molar-refractivity contribution is 6.98. The normalized spacial score (nSPS) is 13.4. The maximum absolute atomic E-state index is 7.13.